The largest absolute Gasteiger partial charge is 0.323 e. The number of halogens is 1. The summed E-state index contributed by atoms with van der Waals surface area (Å²) in [5.74, 6) is -0.539. The molecule has 8 nitrogen and oxygen atoms in total. The summed E-state index contributed by atoms with van der Waals surface area (Å²) in [4.78, 5) is 29.4. The molecule has 152 valence electrons. The zero-order chi connectivity index (χ0) is 20.6. The first-order chi connectivity index (χ1) is 13.8. The Morgan fingerprint density at radius 2 is 1.72 bits per heavy atom. The second kappa shape index (κ2) is 7.66. The third-order valence-electron chi connectivity index (χ3n) is 4.91. The smallest absolute Gasteiger partial charge is 0.322 e. The van der Waals surface area contributed by atoms with Crippen LogP contribution in [0.1, 0.15) is 29.6 Å². The Morgan fingerprint density at radius 1 is 1.00 bits per heavy atom. The molecule has 1 aliphatic heterocycles. The quantitative estimate of drug-likeness (QED) is 0.585. The lowest BCUT2D eigenvalue weighted by Gasteiger charge is -2.26. The van der Waals surface area contributed by atoms with Crippen molar-refractivity contribution in [2.75, 3.05) is 18.4 Å². The minimum Gasteiger partial charge on any atom is -0.322 e. The molecule has 0 bridgehead atoms. The second-order valence-corrected chi connectivity index (χ2v) is 9.25. The minimum atomic E-state index is -3.68. The second-order valence-electron chi connectivity index (χ2n) is 6.90. The summed E-state index contributed by atoms with van der Waals surface area (Å²) < 4.78 is 27.2. The molecule has 10 heteroatoms. The summed E-state index contributed by atoms with van der Waals surface area (Å²) in [7, 11) is -3.68. The number of benzene rings is 2. The Bertz CT molecular complexity index is 1240. The third-order valence-corrected chi connectivity index (χ3v) is 7.13. The van der Waals surface area contributed by atoms with Crippen molar-refractivity contribution in [2.45, 2.75) is 24.2 Å². The Kier molecular flexibility index (Phi) is 5.20. The number of anilines is 1. The van der Waals surface area contributed by atoms with E-state index in [0.717, 1.165) is 19.3 Å². The normalized spacial score (nSPS) is 15.5. The highest BCUT2D eigenvalue weighted by Gasteiger charge is 2.27. The molecular weight excluding hydrogens is 416 g/mol. The number of aromatic nitrogens is 2. The van der Waals surface area contributed by atoms with E-state index >= 15 is 0 Å². The highest BCUT2D eigenvalue weighted by atomic mass is 35.5. The molecule has 29 heavy (non-hydrogen) atoms. The molecule has 1 fully saturated rings. The molecule has 2 heterocycles. The van der Waals surface area contributed by atoms with Crippen molar-refractivity contribution >= 4 is 44.3 Å². The topological polar surface area (TPSA) is 115 Å². The van der Waals surface area contributed by atoms with Gasteiger partial charge in [0.25, 0.3) is 5.91 Å². The van der Waals surface area contributed by atoms with Crippen LogP contribution >= 0.6 is 11.6 Å². The van der Waals surface area contributed by atoms with E-state index in [-0.39, 0.29) is 21.2 Å². The van der Waals surface area contributed by atoms with Gasteiger partial charge in [0.2, 0.25) is 10.0 Å². The van der Waals surface area contributed by atoms with Crippen molar-refractivity contribution in [3.63, 3.8) is 0 Å². The fourth-order valence-corrected chi connectivity index (χ4v) is 5.15. The average Bonchev–Trinajstić information content (AvgIpc) is 3.08. The van der Waals surface area contributed by atoms with Crippen molar-refractivity contribution in [3.05, 3.63) is 57.5 Å². The van der Waals surface area contributed by atoms with Crippen LogP contribution in [0.15, 0.2) is 46.1 Å². The number of hydrogen-bond acceptors (Lipinski definition) is 4. The van der Waals surface area contributed by atoms with Crippen LogP contribution in [-0.4, -0.2) is 41.7 Å². The number of nitrogens with zero attached hydrogens (tertiary/aromatic N) is 1. The molecule has 0 aliphatic carbocycles. The predicted octanol–water partition coefficient (Wildman–Crippen LogP) is 2.94. The predicted molar refractivity (Wildman–Crippen MR) is 111 cm³/mol. The van der Waals surface area contributed by atoms with Gasteiger partial charge < -0.3 is 15.3 Å². The van der Waals surface area contributed by atoms with Gasteiger partial charge in [-0.3, -0.25) is 4.79 Å². The molecule has 0 saturated carbocycles. The molecular formula is C19H19ClN4O4S. The van der Waals surface area contributed by atoms with Crippen LogP contribution in [-0.2, 0) is 10.0 Å². The van der Waals surface area contributed by atoms with Crippen molar-refractivity contribution in [1.29, 1.82) is 0 Å². The number of piperidine rings is 1. The number of fused-ring (bicyclic) bond motifs is 1. The van der Waals surface area contributed by atoms with Gasteiger partial charge in [-0.25, -0.2) is 13.2 Å². The van der Waals surface area contributed by atoms with E-state index < -0.39 is 15.9 Å². The number of sulfonamides is 1. The van der Waals surface area contributed by atoms with E-state index in [4.69, 9.17) is 11.6 Å². The third kappa shape index (κ3) is 3.93. The lowest BCUT2D eigenvalue weighted by molar-refractivity contribution is 0.102. The van der Waals surface area contributed by atoms with E-state index in [0.29, 0.717) is 29.8 Å². The molecule has 2 aromatic carbocycles. The number of amides is 1. The summed E-state index contributed by atoms with van der Waals surface area (Å²) >= 11 is 6.17. The van der Waals surface area contributed by atoms with Crippen LogP contribution in [0.5, 0.6) is 0 Å². The highest BCUT2D eigenvalue weighted by Crippen LogP contribution is 2.26. The fraction of sp³-hybridized carbons (Fsp3) is 0.263. The van der Waals surface area contributed by atoms with Gasteiger partial charge in [0.15, 0.2) is 0 Å². The van der Waals surface area contributed by atoms with E-state index in [1.807, 2.05) is 0 Å². The Morgan fingerprint density at radius 3 is 2.48 bits per heavy atom. The molecule has 0 spiro atoms. The number of hydrogen-bond donors (Lipinski definition) is 3. The molecule has 3 N–H and O–H groups in total. The molecule has 0 atom stereocenters. The first kappa shape index (κ1) is 19.7. The average molecular weight is 435 g/mol. The number of rotatable bonds is 4. The monoisotopic (exact) mass is 434 g/mol. The van der Waals surface area contributed by atoms with Crippen LogP contribution in [0.3, 0.4) is 0 Å². The lowest BCUT2D eigenvalue weighted by atomic mass is 10.2. The fourth-order valence-electron chi connectivity index (χ4n) is 3.40. The number of nitrogens with one attached hydrogen (secondary N) is 3. The van der Waals surface area contributed by atoms with Gasteiger partial charge in [0, 0.05) is 18.8 Å². The Balaban J connectivity index is 1.62. The van der Waals surface area contributed by atoms with Gasteiger partial charge in [0.1, 0.15) is 0 Å². The van der Waals surface area contributed by atoms with Crippen LogP contribution in [0.25, 0.3) is 11.0 Å². The Labute approximate surface area is 171 Å². The van der Waals surface area contributed by atoms with Crippen LogP contribution in [0, 0.1) is 0 Å². The van der Waals surface area contributed by atoms with E-state index in [1.54, 1.807) is 18.2 Å². The number of imidazole rings is 1. The maximum Gasteiger partial charge on any atom is 0.323 e. The first-order valence-electron chi connectivity index (χ1n) is 9.18. The zero-order valence-electron chi connectivity index (χ0n) is 15.4. The van der Waals surface area contributed by atoms with Crippen LogP contribution in [0.4, 0.5) is 5.69 Å². The summed E-state index contributed by atoms with van der Waals surface area (Å²) in [5.41, 5.74) is 1.31. The van der Waals surface area contributed by atoms with Gasteiger partial charge >= 0.3 is 5.69 Å². The standard InChI is InChI=1S/C19H19ClN4O4S/c20-15-6-5-13(29(27,28)24-8-2-1-3-9-24)11-14(15)18(25)21-12-4-7-16-17(10-12)23-19(26)22-16/h4-7,10-11H,1-3,8-9H2,(H,21,25)(H2,22,23,26). The number of carbonyl (C=O) groups is 1. The van der Waals surface area contributed by atoms with Gasteiger partial charge in [0.05, 0.1) is 26.5 Å². The number of carbonyl (C=O) groups excluding carboxylic acids is 1. The molecule has 1 amide bonds. The van der Waals surface area contributed by atoms with Crippen molar-refractivity contribution in [2.24, 2.45) is 0 Å². The maximum absolute atomic E-state index is 12.9. The molecule has 1 aromatic heterocycles. The first-order valence-corrected chi connectivity index (χ1v) is 11.0. The van der Waals surface area contributed by atoms with Gasteiger partial charge in [-0.1, -0.05) is 18.0 Å². The van der Waals surface area contributed by atoms with Gasteiger partial charge in [-0.2, -0.15) is 4.31 Å². The summed E-state index contributed by atoms with van der Waals surface area (Å²) in [6, 6.07) is 9.03. The van der Waals surface area contributed by atoms with Crippen LogP contribution < -0.4 is 11.0 Å². The van der Waals surface area contributed by atoms with Gasteiger partial charge in [-0.05, 0) is 49.2 Å². The minimum absolute atomic E-state index is 0.0411. The van der Waals surface area contributed by atoms with Crippen molar-refractivity contribution in [1.82, 2.24) is 14.3 Å². The summed E-state index contributed by atoms with van der Waals surface area (Å²) in [6.45, 7) is 0.947. The maximum atomic E-state index is 12.9. The molecule has 1 saturated heterocycles. The molecule has 0 unspecified atom stereocenters. The summed E-state index contributed by atoms with van der Waals surface area (Å²) in [6.07, 6.45) is 2.66. The Hall–Kier alpha value is -2.62. The zero-order valence-corrected chi connectivity index (χ0v) is 16.9. The molecule has 4 rings (SSSR count). The summed E-state index contributed by atoms with van der Waals surface area (Å²) in [5, 5.41) is 2.84. The van der Waals surface area contributed by atoms with Crippen LogP contribution in [0.2, 0.25) is 5.02 Å². The lowest BCUT2D eigenvalue weighted by Crippen LogP contribution is -2.35. The molecule has 3 aromatic rings. The van der Waals surface area contributed by atoms with Crippen molar-refractivity contribution < 1.29 is 13.2 Å². The highest BCUT2D eigenvalue weighted by molar-refractivity contribution is 7.89. The van der Waals surface area contributed by atoms with E-state index in [2.05, 4.69) is 15.3 Å². The molecule has 1 aliphatic rings. The number of aromatic amines is 2. The van der Waals surface area contributed by atoms with Gasteiger partial charge in [-0.15, -0.1) is 0 Å². The van der Waals surface area contributed by atoms with E-state index in [9.17, 15) is 18.0 Å². The van der Waals surface area contributed by atoms with Crippen molar-refractivity contribution in [3.8, 4) is 0 Å². The number of H-pyrrole nitrogens is 2. The SMILES string of the molecule is O=C(Nc1ccc2[nH]c(=O)[nH]c2c1)c1cc(S(=O)(=O)N2CCCCC2)ccc1Cl. The molecule has 0 radical (unpaired) electrons. The van der Waals surface area contributed by atoms with E-state index in [1.165, 1.54) is 22.5 Å².